The summed E-state index contributed by atoms with van der Waals surface area (Å²) >= 11 is 12.0. The molecule has 50 heavy (non-hydrogen) atoms. The number of nitrogens with one attached hydrogen (secondary N) is 2. The van der Waals surface area contributed by atoms with Gasteiger partial charge in [0.25, 0.3) is 0 Å². The highest BCUT2D eigenvalue weighted by Gasteiger charge is 2.32. The number of hydrazine groups is 1. The van der Waals surface area contributed by atoms with Crippen molar-refractivity contribution in [1.29, 1.82) is 0 Å². The number of aromatic nitrogens is 1. The third kappa shape index (κ3) is 10.5. The summed E-state index contributed by atoms with van der Waals surface area (Å²) in [7, 11) is 0. The second-order valence-corrected chi connectivity index (χ2v) is 11.5. The third-order valence-electron chi connectivity index (χ3n) is 7.13. The summed E-state index contributed by atoms with van der Waals surface area (Å²) in [5.41, 5.74) is 3.84. The van der Waals surface area contributed by atoms with Gasteiger partial charge < -0.3 is 14.6 Å². The minimum atomic E-state index is -3.12. The number of rotatable bonds is 15. The zero-order valence-corrected chi connectivity index (χ0v) is 27.8. The predicted molar refractivity (Wildman–Crippen MR) is 172 cm³/mol. The van der Waals surface area contributed by atoms with Gasteiger partial charge in [-0.05, 0) is 35.4 Å². The molecule has 0 spiro atoms. The molecule has 0 saturated heterocycles. The highest BCUT2D eigenvalue weighted by Crippen LogP contribution is 2.23. The highest BCUT2D eigenvalue weighted by atomic mass is 35.5. The topological polar surface area (TPSA) is 117 Å². The van der Waals surface area contributed by atoms with Crippen LogP contribution in [0.3, 0.4) is 0 Å². The van der Waals surface area contributed by atoms with Gasteiger partial charge in [-0.25, -0.2) is 32.2 Å². The Balaban J connectivity index is 1.58. The van der Waals surface area contributed by atoms with Crippen molar-refractivity contribution in [2.45, 2.75) is 45.5 Å². The molecule has 4 aromatic rings. The molecular weight excluding hydrogens is 712 g/mol. The Hall–Kier alpha value is -4.57. The molecule has 0 fully saturated rings. The lowest BCUT2D eigenvalue weighted by Crippen LogP contribution is -2.57. The number of nitrogens with zero attached hydrogens (tertiary/aromatic N) is 3. The molecule has 4 rings (SSSR count). The van der Waals surface area contributed by atoms with Crippen LogP contribution in [0, 0.1) is 17.5 Å². The number of amides is 4. The number of carbonyl (C=O) groups is 3. The largest absolute Gasteiger partial charge is 0.373 e. The number of benzene rings is 3. The van der Waals surface area contributed by atoms with E-state index in [-0.39, 0.29) is 52.3 Å². The van der Waals surface area contributed by atoms with Gasteiger partial charge in [0, 0.05) is 31.6 Å². The Kier molecular flexibility index (Phi) is 13.7. The average molecular weight is 743 g/mol. The normalized spacial score (nSPS) is 11.8. The first kappa shape index (κ1) is 38.2. The van der Waals surface area contributed by atoms with E-state index >= 15 is 0 Å². The third-order valence-corrected chi connectivity index (χ3v) is 7.98. The van der Waals surface area contributed by atoms with Crippen molar-refractivity contribution < 1.29 is 45.6 Å². The lowest BCUT2D eigenvalue weighted by Gasteiger charge is -2.34. The SMILES string of the molecule is CC(=O)N(NCc1cccc(F)c1Cl)[C@H](COCc1cc(-c2cccc(F)c2)on1)CN(C(=O)CC(F)F)C(=O)NCc1cccc(F)c1Cl. The second kappa shape index (κ2) is 17.9. The summed E-state index contributed by atoms with van der Waals surface area (Å²) in [6.07, 6.45) is -4.46. The molecule has 2 N–H and O–H groups in total. The fourth-order valence-corrected chi connectivity index (χ4v) is 5.11. The smallest absolute Gasteiger partial charge is 0.324 e. The molecule has 0 saturated carbocycles. The molecular formula is C33H30Cl2F5N5O5. The average Bonchev–Trinajstić information content (AvgIpc) is 3.54. The minimum Gasteiger partial charge on any atom is -0.373 e. The number of ether oxygens (including phenoxy) is 1. The van der Waals surface area contributed by atoms with Gasteiger partial charge in [0.15, 0.2) is 5.76 Å². The van der Waals surface area contributed by atoms with E-state index in [9.17, 15) is 36.3 Å². The van der Waals surface area contributed by atoms with Crippen LogP contribution in [0.2, 0.25) is 10.0 Å². The molecule has 10 nitrogen and oxygen atoms in total. The van der Waals surface area contributed by atoms with E-state index in [0.717, 1.165) is 24.1 Å². The Morgan fingerprint density at radius 3 is 2.18 bits per heavy atom. The first-order valence-electron chi connectivity index (χ1n) is 14.9. The molecule has 0 bridgehead atoms. The Bertz CT molecular complexity index is 1810. The maximum Gasteiger partial charge on any atom is 0.324 e. The number of alkyl halides is 2. The standard InChI is InChI=1S/C33H30Cl2F5N5O5/c1-19(46)45(42-15-22-7-4-10-27(38)32(22)35)25(18-49-17-24-12-28(50-43-24)20-5-2-8-23(36)11-20)16-44(30(47)13-29(39)40)33(48)41-14-21-6-3-9-26(37)31(21)34/h2-12,25,29,42H,13-18H2,1H3,(H,41,48)/t25-/m0/s1. The van der Waals surface area contributed by atoms with Crippen molar-refractivity contribution in [3.8, 4) is 11.3 Å². The maximum atomic E-state index is 14.1. The van der Waals surface area contributed by atoms with E-state index in [1.165, 1.54) is 48.5 Å². The number of halogens is 7. The Morgan fingerprint density at radius 1 is 0.920 bits per heavy atom. The first-order chi connectivity index (χ1) is 23.8. The van der Waals surface area contributed by atoms with Crippen molar-refractivity contribution >= 4 is 41.0 Å². The lowest BCUT2D eigenvalue weighted by molar-refractivity contribution is -0.141. The van der Waals surface area contributed by atoms with E-state index in [1.807, 2.05) is 0 Å². The van der Waals surface area contributed by atoms with E-state index in [4.69, 9.17) is 32.5 Å². The van der Waals surface area contributed by atoms with Gasteiger partial charge in [0.1, 0.15) is 23.1 Å². The number of hydrogen-bond acceptors (Lipinski definition) is 7. The molecule has 1 atom stereocenters. The molecule has 1 aromatic heterocycles. The maximum absolute atomic E-state index is 14.1. The molecule has 266 valence electrons. The molecule has 0 unspecified atom stereocenters. The summed E-state index contributed by atoms with van der Waals surface area (Å²) in [5.74, 6) is -3.69. The van der Waals surface area contributed by atoms with Gasteiger partial charge in [0.2, 0.25) is 18.2 Å². The van der Waals surface area contributed by atoms with Crippen LogP contribution in [-0.2, 0) is 34.0 Å². The predicted octanol–water partition coefficient (Wildman–Crippen LogP) is 6.90. The van der Waals surface area contributed by atoms with Gasteiger partial charge in [0.05, 0.1) is 42.3 Å². The molecule has 0 aliphatic heterocycles. The van der Waals surface area contributed by atoms with E-state index in [2.05, 4.69) is 15.9 Å². The molecule has 0 radical (unpaired) electrons. The lowest BCUT2D eigenvalue weighted by atomic mass is 10.1. The minimum absolute atomic E-state index is 0.144. The highest BCUT2D eigenvalue weighted by molar-refractivity contribution is 6.31. The molecule has 1 heterocycles. The van der Waals surface area contributed by atoms with Gasteiger partial charge >= 0.3 is 6.03 Å². The summed E-state index contributed by atoms with van der Waals surface area (Å²) in [4.78, 5) is 39.7. The Labute approximate surface area is 293 Å². The zero-order valence-electron chi connectivity index (χ0n) is 26.3. The summed E-state index contributed by atoms with van der Waals surface area (Å²) in [6, 6.07) is 12.6. The van der Waals surface area contributed by atoms with Gasteiger partial charge in [-0.1, -0.05) is 64.8 Å². The van der Waals surface area contributed by atoms with Crippen molar-refractivity contribution in [2.75, 3.05) is 13.2 Å². The molecule has 17 heteroatoms. The van der Waals surface area contributed by atoms with Crippen LogP contribution in [0.5, 0.6) is 0 Å². The summed E-state index contributed by atoms with van der Waals surface area (Å²) in [5, 5.41) is 6.73. The van der Waals surface area contributed by atoms with E-state index < -0.39 is 67.3 Å². The summed E-state index contributed by atoms with van der Waals surface area (Å²) < 4.78 is 79.6. The van der Waals surface area contributed by atoms with E-state index in [0.29, 0.717) is 10.5 Å². The Morgan fingerprint density at radius 2 is 1.56 bits per heavy atom. The van der Waals surface area contributed by atoms with Gasteiger partial charge in [-0.15, -0.1) is 0 Å². The molecule has 3 aromatic carbocycles. The quantitative estimate of drug-likeness (QED) is 0.101. The number of imide groups is 1. The van der Waals surface area contributed by atoms with Crippen LogP contribution in [0.25, 0.3) is 11.3 Å². The van der Waals surface area contributed by atoms with Crippen LogP contribution in [-0.4, -0.2) is 58.5 Å². The van der Waals surface area contributed by atoms with Crippen LogP contribution >= 0.6 is 23.2 Å². The van der Waals surface area contributed by atoms with Crippen molar-refractivity contribution in [3.63, 3.8) is 0 Å². The molecule has 0 aliphatic carbocycles. The monoisotopic (exact) mass is 741 g/mol. The number of urea groups is 1. The van der Waals surface area contributed by atoms with E-state index in [1.54, 1.807) is 6.07 Å². The number of hydrogen-bond donors (Lipinski definition) is 2. The van der Waals surface area contributed by atoms with Crippen molar-refractivity contribution in [3.05, 3.63) is 111 Å². The van der Waals surface area contributed by atoms with Gasteiger partial charge in [-0.3, -0.25) is 19.5 Å². The van der Waals surface area contributed by atoms with Crippen LogP contribution < -0.4 is 10.7 Å². The van der Waals surface area contributed by atoms with Gasteiger partial charge in [-0.2, -0.15) is 0 Å². The second-order valence-electron chi connectivity index (χ2n) is 10.8. The molecule has 0 aliphatic rings. The number of carbonyl (C=O) groups excluding carboxylic acids is 3. The van der Waals surface area contributed by atoms with Crippen molar-refractivity contribution in [2.24, 2.45) is 0 Å². The van der Waals surface area contributed by atoms with Crippen molar-refractivity contribution in [1.82, 2.24) is 25.8 Å². The zero-order chi connectivity index (χ0) is 36.4. The fourth-order valence-electron chi connectivity index (χ4n) is 4.72. The van der Waals surface area contributed by atoms with Crippen LogP contribution in [0.4, 0.5) is 26.7 Å². The molecule has 4 amide bonds. The summed E-state index contributed by atoms with van der Waals surface area (Å²) in [6.45, 7) is -0.749. The first-order valence-corrected chi connectivity index (χ1v) is 15.6. The van der Waals surface area contributed by atoms with Crippen LogP contribution in [0.1, 0.15) is 30.2 Å². The van der Waals surface area contributed by atoms with Crippen LogP contribution in [0.15, 0.2) is 71.3 Å². The fraction of sp³-hybridized carbons (Fsp3) is 0.273.